The van der Waals surface area contributed by atoms with Crippen LogP contribution in [0.5, 0.6) is 0 Å². The zero-order valence-corrected chi connectivity index (χ0v) is 19.2. The number of hydrogen-bond acceptors (Lipinski definition) is 6. The molecule has 0 aliphatic carbocycles. The van der Waals surface area contributed by atoms with Gasteiger partial charge in [-0.15, -0.1) is 0 Å². The van der Waals surface area contributed by atoms with Crippen molar-refractivity contribution in [1.82, 2.24) is 25.6 Å². The van der Waals surface area contributed by atoms with E-state index in [0.29, 0.717) is 5.56 Å². The number of ketones is 1. The summed E-state index contributed by atoms with van der Waals surface area (Å²) < 4.78 is 15.9. The van der Waals surface area contributed by atoms with Crippen LogP contribution in [0.25, 0.3) is 17.1 Å². The largest absolute Gasteiger partial charge is 0.341 e. The molecule has 2 amide bonds. The maximum absolute atomic E-state index is 14.7. The second-order valence-electron chi connectivity index (χ2n) is 7.73. The Bertz CT molecular complexity index is 1380. The summed E-state index contributed by atoms with van der Waals surface area (Å²) in [6.45, 7) is 0. The van der Waals surface area contributed by atoms with Crippen LogP contribution in [-0.2, 0) is 20.8 Å². The zero-order valence-electron chi connectivity index (χ0n) is 19.2. The molecular weight excluding hydrogens is 465 g/mol. The molecule has 4 aromatic rings. The molecule has 2 heterocycles. The zero-order chi connectivity index (χ0) is 25.5. The number of carbonyl (C=O) groups excluding carboxylic acids is 3. The van der Waals surface area contributed by atoms with Gasteiger partial charge in [-0.25, -0.2) is 19.5 Å². The van der Waals surface area contributed by atoms with E-state index in [4.69, 9.17) is 0 Å². The Hall–Kier alpha value is -4.70. The van der Waals surface area contributed by atoms with Gasteiger partial charge in [0.1, 0.15) is 11.7 Å². The van der Waals surface area contributed by atoms with Crippen molar-refractivity contribution in [3.05, 3.63) is 102 Å². The molecule has 182 valence electrons. The maximum Gasteiger partial charge on any atom is 0.313 e. The molecule has 36 heavy (non-hydrogen) atoms. The van der Waals surface area contributed by atoms with E-state index < -0.39 is 29.5 Å². The Balaban J connectivity index is 1.64. The summed E-state index contributed by atoms with van der Waals surface area (Å²) in [5.41, 5.74) is 3.41. The number of aromatic nitrogens is 3. The van der Waals surface area contributed by atoms with Crippen LogP contribution in [0, 0.1) is 5.82 Å². The van der Waals surface area contributed by atoms with E-state index >= 15 is 0 Å². The van der Waals surface area contributed by atoms with E-state index in [9.17, 15) is 18.8 Å². The molecular formula is C26H22FN5O4. The number of amides is 2. The van der Waals surface area contributed by atoms with Gasteiger partial charge in [-0.3, -0.25) is 19.2 Å². The van der Waals surface area contributed by atoms with Crippen LogP contribution in [0.3, 0.4) is 0 Å². The molecule has 0 saturated carbocycles. The SMILES string of the molecule is CONC(=O)C(=O)[C@H](Cc1ccccc1)NC(=O)c1cccnc1-n1cc(F)c(-c2ccccc2)n1. The highest BCUT2D eigenvalue weighted by Gasteiger charge is 2.29. The topological polar surface area (TPSA) is 115 Å². The highest BCUT2D eigenvalue weighted by Crippen LogP contribution is 2.22. The Labute approximate surface area is 205 Å². The molecule has 0 aliphatic heterocycles. The summed E-state index contributed by atoms with van der Waals surface area (Å²) in [5, 5.41) is 6.88. The van der Waals surface area contributed by atoms with Crippen LogP contribution in [0.2, 0.25) is 0 Å². The van der Waals surface area contributed by atoms with Gasteiger partial charge >= 0.3 is 5.91 Å². The predicted octanol–water partition coefficient (Wildman–Crippen LogP) is 2.66. The first-order valence-electron chi connectivity index (χ1n) is 11.0. The summed E-state index contributed by atoms with van der Waals surface area (Å²) in [4.78, 5) is 47.0. The molecule has 4 rings (SSSR count). The van der Waals surface area contributed by atoms with Crippen molar-refractivity contribution < 1.29 is 23.6 Å². The minimum Gasteiger partial charge on any atom is -0.341 e. The molecule has 2 N–H and O–H groups in total. The highest BCUT2D eigenvalue weighted by atomic mass is 19.1. The fourth-order valence-electron chi connectivity index (χ4n) is 3.61. The quantitative estimate of drug-likeness (QED) is 0.277. The van der Waals surface area contributed by atoms with Crippen molar-refractivity contribution in [1.29, 1.82) is 0 Å². The van der Waals surface area contributed by atoms with E-state index in [-0.39, 0.29) is 23.5 Å². The summed E-state index contributed by atoms with van der Waals surface area (Å²) in [6, 6.07) is 19.5. The predicted molar refractivity (Wildman–Crippen MR) is 128 cm³/mol. The maximum atomic E-state index is 14.7. The number of carbonyl (C=O) groups is 3. The molecule has 0 radical (unpaired) electrons. The average molecular weight is 487 g/mol. The fraction of sp³-hybridized carbons (Fsp3) is 0.115. The van der Waals surface area contributed by atoms with Crippen molar-refractivity contribution in [2.75, 3.05) is 7.11 Å². The first-order chi connectivity index (χ1) is 17.5. The number of hydroxylamine groups is 1. The van der Waals surface area contributed by atoms with Crippen molar-refractivity contribution in [3.63, 3.8) is 0 Å². The average Bonchev–Trinajstić information content (AvgIpc) is 3.30. The number of Topliss-reactive ketones (excluding diaryl/α,β-unsaturated/α-hetero) is 1. The van der Waals surface area contributed by atoms with Crippen LogP contribution in [0.4, 0.5) is 4.39 Å². The lowest BCUT2D eigenvalue weighted by Crippen LogP contribution is -2.48. The normalized spacial score (nSPS) is 11.5. The van der Waals surface area contributed by atoms with Crippen LogP contribution < -0.4 is 10.8 Å². The molecule has 10 heteroatoms. The molecule has 0 unspecified atom stereocenters. The number of benzene rings is 2. The van der Waals surface area contributed by atoms with Gasteiger partial charge in [0.05, 0.1) is 18.9 Å². The number of halogens is 1. The van der Waals surface area contributed by atoms with Gasteiger partial charge in [-0.2, -0.15) is 5.10 Å². The Kier molecular flexibility index (Phi) is 7.57. The van der Waals surface area contributed by atoms with Crippen LogP contribution in [0.15, 0.2) is 85.2 Å². The van der Waals surface area contributed by atoms with Gasteiger partial charge in [0.15, 0.2) is 11.6 Å². The third-order valence-electron chi connectivity index (χ3n) is 5.29. The second kappa shape index (κ2) is 11.2. The molecule has 0 bridgehead atoms. The van der Waals surface area contributed by atoms with Gasteiger partial charge in [-0.05, 0) is 17.7 Å². The highest BCUT2D eigenvalue weighted by molar-refractivity contribution is 6.38. The first kappa shape index (κ1) is 24.4. The van der Waals surface area contributed by atoms with Crippen LogP contribution in [-0.4, -0.2) is 45.5 Å². The minimum atomic E-state index is -1.20. The molecule has 0 aliphatic rings. The summed E-state index contributed by atoms with van der Waals surface area (Å²) in [5.74, 6) is -3.12. The molecule has 2 aromatic carbocycles. The van der Waals surface area contributed by atoms with Gasteiger partial charge in [0.25, 0.3) is 5.91 Å². The van der Waals surface area contributed by atoms with Crippen molar-refractivity contribution in [2.24, 2.45) is 0 Å². The summed E-state index contributed by atoms with van der Waals surface area (Å²) in [7, 11) is 1.20. The van der Waals surface area contributed by atoms with Gasteiger partial charge in [0.2, 0.25) is 5.78 Å². The van der Waals surface area contributed by atoms with E-state index in [1.54, 1.807) is 54.6 Å². The molecule has 1 atom stereocenters. The number of hydrogen-bond donors (Lipinski definition) is 2. The Morgan fingerprint density at radius 2 is 1.69 bits per heavy atom. The van der Waals surface area contributed by atoms with E-state index in [2.05, 4.69) is 20.2 Å². The summed E-state index contributed by atoms with van der Waals surface area (Å²) >= 11 is 0. The van der Waals surface area contributed by atoms with Crippen LogP contribution in [0.1, 0.15) is 15.9 Å². The first-order valence-corrected chi connectivity index (χ1v) is 11.0. The summed E-state index contributed by atoms with van der Waals surface area (Å²) in [6.07, 6.45) is 2.62. The van der Waals surface area contributed by atoms with Gasteiger partial charge in [0, 0.05) is 18.2 Å². The van der Waals surface area contributed by atoms with Crippen molar-refractivity contribution in [2.45, 2.75) is 12.5 Å². The Morgan fingerprint density at radius 3 is 2.39 bits per heavy atom. The third kappa shape index (κ3) is 5.50. The molecule has 0 saturated heterocycles. The van der Waals surface area contributed by atoms with E-state index in [1.807, 2.05) is 11.5 Å². The molecule has 2 aromatic heterocycles. The standard InChI is InChI=1S/C26H22FN5O4/c1-36-31-26(35)23(33)21(15-17-9-4-2-5-10-17)29-25(34)19-13-8-14-28-24(19)32-16-20(27)22(30-32)18-11-6-3-7-12-18/h2-14,16,21H,15H2,1H3,(H,29,34)(H,31,35)/t21-/m0/s1. The Morgan fingerprint density at radius 1 is 1.00 bits per heavy atom. The molecule has 0 fully saturated rings. The van der Waals surface area contributed by atoms with E-state index in [0.717, 1.165) is 16.4 Å². The van der Waals surface area contributed by atoms with Crippen LogP contribution >= 0.6 is 0 Å². The second-order valence-corrected chi connectivity index (χ2v) is 7.73. The minimum absolute atomic E-state index is 0.0395. The number of rotatable bonds is 9. The van der Waals surface area contributed by atoms with Gasteiger partial charge < -0.3 is 5.32 Å². The fourth-order valence-corrected chi connectivity index (χ4v) is 3.61. The number of pyridine rings is 1. The van der Waals surface area contributed by atoms with Crippen molar-refractivity contribution in [3.8, 4) is 17.1 Å². The molecule has 9 nitrogen and oxygen atoms in total. The third-order valence-corrected chi connectivity index (χ3v) is 5.29. The number of nitrogens with one attached hydrogen (secondary N) is 2. The van der Waals surface area contributed by atoms with Crippen molar-refractivity contribution >= 4 is 17.6 Å². The lowest BCUT2D eigenvalue weighted by molar-refractivity contribution is -0.145. The molecule has 0 spiro atoms. The number of nitrogens with zero attached hydrogens (tertiary/aromatic N) is 3. The lowest BCUT2D eigenvalue weighted by atomic mass is 10.0. The smallest absolute Gasteiger partial charge is 0.313 e. The van der Waals surface area contributed by atoms with E-state index in [1.165, 1.54) is 25.4 Å². The van der Waals surface area contributed by atoms with Gasteiger partial charge in [-0.1, -0.05) is 60.7 Å². The monoisotopic (exact) mass is 487 g/mol. The lowest BCUT2D eigenvalue weighted by Gasteiger charge is -2.18.